The Morgan fingerprint density at radius 1 is 1.00 bits per heavy atom. The van der Waals surface area contributed by atoms with E-state index in [2.05, 4.69) is 26.7 Å². The predicted molar refractivity (Wildman–Crippen MR) is 110 cm³/mol. The number of fused-ring (bicyclic) bond motifs is 1. The van der Waals surface area contributed by atoms with Crippen LogP contribution < -0.4 is 10.9 Å². The van der Waals surface area contributed by atoms with Crippen molar-refractivity contribution in [3.63, 3.8) is 0 Å². The van der Waals surface area contributed by atoms with Crippen LogP contribution >= 0.6 is 0 Å². The molecule has 2 aromatic heterocycles. The first-order valence-corrected chi connectivity index (χ1v) is 9.17. The maximum atomic E-state index is 12.8. The van der Waals surface area contributed by atoms with E-state index < -0.39 is 5.56 Å². The summed E-state index contributed by atoms with van der Waals surface area (Å²) in [5.74, 6) is -0.321. The van der Waals surface area contributed by atoms with Crippen molar-refractivity contribution in [1.82, 2.24) is 24.5 Å². The molecule has 0 fully saturated rings. The fourth-order valence-electron chi connectivity index (χ4n) is 3.20. The molecule has 0 aliphatic heterocycles. The van der Waals surface area contributed by atoms with E-state index in [4.69, 9.17) is 0 Å². The number of aryl methyl sites for hydroxylation is 3. The number of nitrogens with zero attached hydrogens (tertiary/aromatic N) is 5. The normalized spacial score (nSPS) is 11.0. The number of hydrogen-bond acceptors (Lipinski definition) is 5. The summed E-state index contributed by atoms with van der Waals surface area (Å²) in [6.45, 7) is 5.79. The molecule has 2 heterocycles. The molecule has 8 heteroatoms. The van der Waals surface area contributed by atoms with E-state index in [-0.39, 0.29) is 18.0 Å². The minimum absolute atomic E-state index is 0.120. The third kappa shape index (κ3) is 3.77. The Bertz CT molecular complexity index is 1250. The van der Waals surface area contributed by atoms with Gasteiger partial charge in [-0.15, -0.1) is 5.10 Å². The average molecular weight is 388 g/mol. The summed E-state index contributed by atoms with van der Waals surface area (Å²) in [6.07, 6.45) is 1.35. The molecule has 0 bridgehead atoms. The zero-order valence-electron chi connectivity index (χ0n) is 16.4. The van der Waals surface area contributed by atoms with Crippen LogP contribution in [0.4, 0.5) is 5.69 Å². The van der Waals surface area contributed by atoms with E-state index in [1.165, 1.54) is 15.6 Å². The van der Waals surface area contributed by atoms with E-state index in [9.17, 15) is 9.59 Å². The monoisotopic (exact) mass is 388 g/mol. The molecule has 0 radical (unpaired) electrons. The fraction of sp³-hybridized carbons (Fsp3) is 0.190. The molecule has 8 nitrogen and oxygen atoms in total. The van der Waals surface area contributed by atoms with Crippen molar-refractivity contribution in [2.75, 3.05) is 5.32 Å². The van der Waals surface area contributed by atoms with Crippen LogP contribution in [0.2, 0.25) is 0 Å². The SMILES string of the molecule is Cc1ccc(NC(=O)Cn2cnc3c(nnn3-c3cc(C)cc(C)c3)c2=O)cc1. The number of rotatable bonds is 4. The Hall–Kier alpha value is -3.81. The van der Waals surface area contributed by atoms with Gasteiger partial charge in [-0.2, -0.15) is 4.68 Å². The summed E-state index contributed by atoms with van der Waals surface area (Å²) < 4.78 is 2.76. The molecular formula is C21H20N6O2. The molecule has 0 aliphatic carbocycles. The highest BCUT2D eigenvalue weighted by Crippen LogP contribution is 2.16. The molecule has 0 saturated heterocycles. The number of amides is 1. The molecule has 146 valence electrons. The molecule has 2 aromatic carbocycles. The second kappa shape index (κ2) is 7.31. The Kier molecular flexibility index (Phi) is 4.67. The molecule has 0 unspecified atom stereocenters. The van der Waals surface area contributed by atoms with Crippen LogP contribution in [-0.2, 0) is 11.3 Å². The van der Waals surface area contributed by atoms with E-state index in [1.54, 1.807) is 0 Å². The third-order valence-corrected chi connectivity index (χ3v) is 4.53. The fourth-order valence-corrected chi connectivity index (χ4v) is 3.20. The topological polar surface area (TPSA) is 94.7 Å². The summed E-state index contributed by atoms with van der Waals surface area (Å²) in [5, 5.41) is 10.9. The number of aromatic nitrogens is 5. The lowest BCUT2D eigenvalue weighted by Gasteiger charge is -2.08. The zero-order valence-corrected chi connectivity index (χ0v) is 16.4. The van der Waals surface area contributed by atoms with Crippen LogP contribution in [-0.4, -0.2) is 30.5 Å². The third-order valence-electron chi connectivity index (χ3n) is 4.53. The molecule has 0 saturated carbocycles. The van der Waals surface area contributed by atoms with E-state index >= 15 is 0 Å². The van der Waals surface area contributed by atoms with Crippen molar-refractivity contribution < 1.29 is 4.79 Å². The van der Waals surface area contributed by atoms with Gasteiger partial charge < -0.3 is 5.32 Å². The highest BCUT2D eigenvalue weighted by molar-refractivity contribution is 5.90. The Labute approximate surface area is 166 Å². The van der Waals surface area contributed by atoms with Crippen molar-refractivity contribution in [2.45, 2.75) is 27.3 Å². The lowest BCUT2D eigenvalue weighted by atomic mass is 10.1. The number of anilines is 1. The Morgan fingerprint density at radius 3 is 2.38 bits per heavy atom. The van der Waals surface area contributed by atoms with Crippen LogP contribution in [0.15, 0.2) is 53.6 Å². The number of hydrogen-bond donors (Lipinski definition) is 1. The van der Waals surface area contributed by atoms with Gasteiger partial charge in [-0.1, -0.05) is 29.0 Å². The standard InChI is InChI=1S/C21H20N6O2/c1-13-4-6-16(7-5-13)23-18(28)11-26-12-22-20-19(21(26)29)24-25-27(20)17-9-14(2)8-15(3)10-17/h4-10,12H,11H2,1-3H3,(H,23,28). The molecule has 4 rings (SSSR count). The van der Waals surface area contributed by atoms with Crippen molar-refractivity contribution >= 4 is 22.8 Å². The summed E-state index contributed by atoms with van der Waals surface area (Å²) >= 11 is 0. The maximum absolute atomic E-state index is 12.8. The van der Waals surface area contributed by atoms with Crippen LogP contribution in [0, 0.1) is 20.8 Å². The first kappa shape index (κ1) is 18.5. The van der Waals surface area contributed by atoms with Gasteiger partial charge in [-0.3, -0.25) is 14.2 Å². The van der Waals surface area contributed by atoms with Gasteiger partial charge in [0.1, 0.15) is 12.9 Å². The number of carbonyl (C=O) groups excluding carboxylic acids is 1. The molecule has 4 aromatic rings. The second-order valence-corrected chi connectivity index (χ2v) is 7.11. The number of nitrogens with one attached hydrogen (secondary N) is 1. The first-order valence-electron chi connectivity index (χ1n) is 9.17. The number of benzene rings is 2. The minimum Gasteiger partial charge on any atom is -0.325 e. The van der Waals surface area contributed by atoms with Gasteiger partial charge in [0.25, 0.3) is 5.56 Å². The van der Waals surface area contributed by atoms with E-state index in [0.29, 0.717) is 11.3 Å². The van der Waals surface area contributed by atoms with Gasteiger partial charge >= 0.3 is 0 Å². The quantitative estimate of drug-likeness (QED) is 0.580. The van der Waals surface area contributed by atoms with Crippen LogP contribution in [0.5, 0.6) is 0 Å². The lowest BCUT2D eigenvalue weighted by molar-refractivity contribution is -0.116. The highest BCUT2D eigenvalue weighted by atomic mass is 16.2. The molecule has 1 N–H and O–H groups in total. The molecule has 29 heavy (non-hydrogen) atoms. The van der Waals surface area contributed by atoms with Crippen LogP contribution in [0.1, 0.15) is 16.7 Å². The van der Waals surface area contributed by atoms with Crippen LogP contribution in [0.3, 0.4) is 0 Å². The van der Waals surface area contributed by atoms with Crippen molar-refractivity contribution in [3.05, 3.63) is 75.8 Å². The second-order valence-electron chi connectivity index (χ2n) is 7.11. The average Bonchev–Trinajstić information content (AvgIpc) is 3.10. The first-order chi connectivity index (χ1) is 13.9. The lowest BCUT2D eigenvalue weighted by Crippen LogP contribution is -2.28. The van der Waals surface area contributed by atoms with Gasteiger partial charge in [-0.05, 0) is 56.2 Å². The predicted octanol–water partition coefficient (Wildman–Crippen LogP) is 2.54. The maximum Gasteiger partial charge on any atom is 0.284 e. The van der Waals surface area contributed by atoms with Crippen LogP contribution in [0.25, 0.3) is 16.9 Å². The van der Waals surface area contributed by atoms with Crippen molar-refractivity contribution in [1.29, 1.82) is 0 Å². The van der Waals surface area contributed by atoms with Gasteiger partial charge in [0, 0.05) is 5.69 Å². The summed E-state index contributed by atoms with van der Waals surface area (Å²) in [7, 11) is 0. The molecule has 1 amide bonds. The summed E-state index contributed by atoms with van der Waals surface area (Å²) in [5.41, 5.74) is 4.76. The van der Waals surface area contributed by atoms with Gasteiger partial charge in [-0.25, -0.2) is 4.98 Å². The molecule has 0 aliphatic rings. The minimum atomic E-state index is -0.412. The molecular weight excluding hydrogens is 368 g/mol. The smallest absolute Gasteiger partial charge is 0.284 e. The van der Waals surface area contributed by atoms with Gasteiger partial charge in [0.05, 0.1) is 5.69 Å². The van der Waals surface area contributed by atoms with E-state index in [0.717, 1.165) is 22.4 Å². The Morgan fingerprint density at radius 2 is 1.69 bits per heavy atom. The van der Waals surface area contributed by atoms with Gasteiger partial charge in [0.15, 0.2) is 11.2 Å². The van der Waals surface area contributed by atoms with Gasteiger partial charge in [0.2, 0.25) is 5.91 Å². The number of carbonyl (C=O) groups is 1. The molecule has 0 atom stereocenters. The summed E-state index contributed by atoms with van der Waals surface area (Å²) in [6, 6.07) is 13.4. The largest absolute Gasteiger partial charge is 0.325 e. The van der Waals surface area contributed by atoms with E-state index in [1.807, 2.05) is 57.2 Å². The molecule has 0 spiro atoms. The zero-order chi connectivity index (χ0) is 20.5. The highest BCUT2D eigenvalue weighted by Gasteiger charge is 2.15. The van der Waals surface area contributed by atoms with Crippen molar-refractivity contribution in [3.8, 4) is 5.69 Å². The Balaban J connectivity index is 1.62. The summed E-state index contributed by atoms with van der Waals surface area (Å²) in [4.78, 5) is 29.4. The van der Waals surface area contributed by atoms with Crippen molar-refractivity contribution in [2.24, 2.45) is 0 Å².